The van der Waals surface area contributed by atoms with E-state index in [9.17, 15) is 27.2 Å². The highest BCUT2D eigenvalue weighted by Crippen LogP contribution is 2.50. The normalized spacial score (nSPS) is 15.6. The number of Topliss-reactive ketones (excluding diaryl/α,β-unsaturated/α-hetero) is 2. The third kappa shape index (κ3) is 2.60. The Bertz CT molecular complexity index is 1890. The number of nitrogens with zero attached hydrogens (tertiary/aromatic N) is 1. The third-order valence-corrected chi connectivity index (χ3v) is 8.54. The van der Waals surface area contributed by atoms with Gasteiger partial charge in [0.05, 0.1) is 27.7 Å². The maximum atomic E-state index is 14.4. The van der Waals surface area contributed by atoms with Crippen molar-refractivity contribution in [3.05, 3.63) is 105 Å². The van der Waals surface area contributed by atoms with Crippen LogP contribution in [0.1, 0.15) is 50.6 Å². The van der Waals surface area contributed by atoms with E-state index in [1.54, 1.807) is 0 Å². The minimum Gasteiger partial charge on any atom is -0.300 e. The summed E-state index contributed by atoms with van der Waals surface area (Å²) in [5.74, 6) is -10.3. The molecule has 2 aromatic heterocycles. The van der Waals surface area contributed by atoms with Gasteiger partial charge in [-0.1, -0.05) is 50.2 Å². The third-order valence-electron chi connectivity index (χ3n) is 7.47. The summed E-state index contributed by atoms with van der Waals surface area (Å²) in [6.07, 6.45) is 1.26. The van der Waals surface area contributed by atoms with Gasteiger partial charge < -0.3 is 4.57 Å². The average Bonchev–Trinajstić information content (AvgIpc) is 3.53. The van der Waals surface area contributed by atoms with E-state index in [1.807, 2.05) is 30.3 Å². The lowest BCUT2D eigenvalue weighted by molar-refractivity contribution is 0.0988. The molecule has 182 valence electrons. The number of allylic oxidation sites excluding steroid dienone is 1. The highest BCUT2D eigenvalue weighted by Gasteiger charge is 2.43. The molecule has 2 aliphatic rings. The highest BCUT2D eigenvalue weighted by molar-refractivity contribution is 7.15. The second kappa shape index (κ2) is 7.04. The van der Waals surface area contributed by atoms with E-state index in [2.05, 4.69) is 36.6 Å². The number of hydrogen-bond donors (Lipinski definition) is 0. The molecule has 3 nitrogen and oxygen atoms in total. The molecule has 8 heteroatoms. The molecule has 7 rings (SSSR count). The van der Waals surface area contributed by atoms with Crippen LogP contribution in [0.25, 0.3) is 32.9 Å². The summed E-state index contributed by atoms with van der Waals surface area (Å²) in [6.45, 7) is 4.17. The molecule has 1 aliphatic carbocycles. The van der Waals surface area contributed by atoms with Crippen molar-refractivity contribution in [2.45, 2.75) is 19.3 Å². The Morgan fingerprint density at radius 1 is 0.784 bits per heavy atom. The van der Waals surface area contributed by atoms with E-state index in [1.165, 1.54) is 17.4 Å². The minimum atomic E-state index is -2.12. The van der Waals surface area contributed by atoms with Crippen LogP contribution in [0.3, 0.4) is 0 Å². The molecular formula is C29H15F4NO2S. The smallest absolute Gasteiger partial charge is 0.200 e. The largest absolute Gasteiger partial charge is 0.300 e. The van der Waals surface area contributed by atoms with Gasteiger partial charge in [0.2, 0.25) is 11.6 Å². The van der Waals surface area contributed by atoms with Crippen LogP contribution >= 0.6 is 11.3 Å². The standard InChI is InChI=1S/C29H15F4NO2S/c1-29(2)16-8-5-7-14-13-6-3-4-9-18(13)34(25(14)16)28-17(29)11-12(37-28)10-15-26(35)19-20(27(15)36)22(31)24(33)23(32)21(19)30/h3-11H,1-2H3. The number of thiophene rings is 1. The van der Waals surface area contributed by atoms with Gasteiger partial charge in [-0.15, -0.1) is 11.3 Å². The summed E-state index contributed by atoms with van der Waals surface area (Å²) >= 11 is 1.32. The maximum Gasteiger partial charge on any atom is 0.200 e. The van der Waals surface area contributed by atoms with Crippen molar-refractivity contribution in [1.82, 2.24) is 4.57 Å². The van der Waals surface area contributed by atoms with E-state index < -0.39 is 57.0 Å². The summed E-state index contributed by atoms with van der Waals surface area (Å²) in [5, 5.41) is 3.08. The molecule has 5 aromatic rings. The van der Waals surface area contributed by atoms with Crippen molar-refractivity contribution in [2.75, 3.05) is 0 Å². The topological polar surface area (TPSA) is 39.1 Å². The fourth-order valence-corrected chi connectivity index (χ4v) is 6.95. The van der Waals surface area contributed by atoms with Gasteiger partial charge in [0.25, 0.3) is 0 Å². The SMILES string of the molecule is CC1(C)c2cc(C=C3C(=O)c4c(F)c(F)c(F)c(F)c4C3=O)sc2-n2c3ccccc3c3cccc1c32. The fourth-order valence-electron chi connectivity index (χ4n) is 5.67. The lowest BCUT2D eigenvalue weighted by atomic mass is 9.76. The van der Waals surface area contributed by atoms with Crippen molar-refractivity contribution in [3.8, 4) is 5.00 Å². The van der Waals surface area contributed by atoms with Crippen LogP contribution < -0.4 is 0 Å². The van der Waals surface area contributed by atoms with E-state index >= 15 is 0 Å². The van der Waals surface area contributed by atoms with Crippen molar-refractivity contribution in [1.29, 1.82) is 0 Å². The van der Waals surface area contributed by atoms with E-state index in [-0.39, 0.29) is 0 Å². The molecule has 0 saturated carbocycles. The molecule has 0 fully saturated rings. The first kappa shape index (κ1) is 22.2. The molecule has 1 aliphatic heterocycles. The van der Waals surface area contributed by atoms with Gasteiger partial charge in [-0.25, -0.2) is 17.6 Å². The van der Waals surface area contributed by atoms with Crippen LogP contribution in [-0.4, -0.2) is 16.1 Å². The molecule has 3 aromatic carbocycles. The Morgan fingerprint density at radius 2 is 1.41 bits per heavy atom. The number of benzene rings is 3. The number of halogens is 4. The number of hydrogen-bond acceptors (Lipinski definition) is 3. The first-order valence-electron chi connectivity index (χ1n) is 11.5. The molecule has 0 atom stereocenters. The highest BCUT2D eigenvalue weighted by atomic mass is 32.1. The summed E-state index contributed by atoms with van der Waals surface area (Å²) in [5.41, 5.74) is 1.03. The van der Waals surface area contributed by atoms with Crippen molar-refractivity contribution in [2.24, 2.45) is 0 Å². The number of para-hydroxylation sites is 2. The van der Waals surface area contributed by atoms with Gasteiger partial charge >= 0.3 is 0 Å². The molecule has 3 heterocycles. The van der Waals surface area contributed by atoms with Gasteiger partial charge in [-0.05, 0) is 29.3 Å². The molecule has 0 N–H and O–H groups in total. The van der Waals surface area contributed by atoms with Crippen LogP contribution in [0.2, 0.25) is 0 Å². The Hall–Kier alpha value is -4.04. The molecule has 0 spiro atoms. The Morgan fingerprint density at radius 3 is 2.08 bits per heavy atom. The molecule has 37 heavy (non-hydrogen) atoms. The van der Waals surface area contributed by atoms with Crippen LogP contribution in [0.5, 0.6) is 0 Å². The van der Waals surface area contributed by atoms with Crippen LogP contribution in [0.15, 0.2) is 54.1 Å². The van der Waals surface area contributed by atoms with Crippen LogP contribution in [0, 0.1) is 23.3 Å². The predicted molar refractivity (Wildman–Crippen MR) is 134 cm³/mol. The van der Waals surface area contributed by atoms with Gasteiger partial charge in [-0.3, -0.25) is 9.59 Å². The van der Waals surface area contributed by atoms with E-state index in [4.69, 9.17) is 0 Å². The Balaban J connectivity index is 1.47. The minimum absolute atomic E-state index is 0.427. The Labute approximate surface area is 211 Å². The molecule has 0 bridgehead atoms. The lowest BCUT2D eigenvalue weighted by Gasteiger charge is -2.32. The number of ketones is 2. The zero-order valence-corrected chi connectivity index (χ0v) is 20.2. The van der Waals surface area contributed by atoms with Gasteiger partial charge in [0.1, 0.15) is 5.00 Å². The summed E-state index contributed by atoms with van der Waals surface area (Å²) in [7, 11) is 0. The van der Waals surface area contributed by atoms with Crippen LogP contribution in [-0.2, 0) is 5.41 Å². The van der Waals surface area contributed by atoms with E-state index in [0.29, 0.717) is 4.88 Å². The fraction of sp³-hybridized carbons (Fsp3) is 0.103. The Kier molecular flexibility index (Phi) is 4.22. The zero-order valence-electron chi connectivity index (χ0n) is 19.4. The quantitative estimate of drug-likeness (QED) is 0.0759. The average molecular weight is 518 g/mol. The first-order valence-corrected chi connectivity index (χ1v) is 12.3. The number of aromatic nitrogens is 1. The molecule has 0 saturated heterocycles. The van der Waals surface area contributed by atoms with Crippen LogP contribution in [0.4, 0.5) is 17.6 Å². The maximum absolute atomic E-state index is 14.4. The number of carbonyl (C=O) groups is 2. The molecular weight excluding hydrogens is 502 g/mol. The number of fused-ring (bicyclic) bond motifs is 6. The van der Waals surface area contributed by atoms with Crippen molar-refractivity contribution in [3.63, 3.8) is 0 Å². The molecule has 0 unspecified atom stereocenters. The lowest BCUT2D eigenvalue weighted by Crippen LogP contribution is -2.24. The van der Waals surface area contributed by atoms with Gasteiger partial charge in [-0.2, -0.15) is 0 Å². The molecule has 0 amide bonds. The summed E-state index contributed by atoms with van der Waals surface area (Å²) < 4.78 is 58.5. The molecule has 0 radical (unpaired) electrons. The first-order chi connectivity index (χ1) is 17.6. The predicted octanol–water partition coefficient (Wildman–Crippen LogP) is 7.50. The van der Waals surface area contributed by atoms with Crippen molar-refractivity contribution < 1.29 is 27.2 Å². The second-order valence-electron chi connectivity index (χ2n) is 9.77. The van der Waals surface area contributed by atoms with E-state index in [0.717, 1.165) is 37.9 Å². The van der Waals surface area contributed by atoms with Gasteiger partial charge in [0, 0.05) is 21.1 Å². The monoisotopic (exact) mass is 517 g/mol. The zero-order chi connectivity index (χ0) is 26.0. The van der Waals surface area contributed by atoms with Gasteiger partial charge in [0.15, 0.2) is 23.3 Å². The summed E-state index contributed by atoms with van der Waals surface area (Å²) in [6, 6.07) is 16.0. The van der Waals surface area contributed by atoms with Crippen molar-refractivity contribution >= 4 is 50.8 Å². The summed E-state index contributed by atoms with van der Waals surface area (Å²) in [4.78, 5) is 26.3. The second-order valence-corrected chi connectivity index (χ2v) is 10.8. The number of carbonyl (C=O) groups excluding carboxylic acids is 2. The number of rotatable bonds is 1.